The molecule has 1 rings (SSSR count). The Balaban J connectivity index is 2.55. The van der Waals surface area contributed by atoms with Gasteiger partial charge in [0.2, 0.25) is 5.91 Å². The van der Waals surface area contributed by atoms with Gasteiger partial charge in [0, 0.05) is 12.3 Å². The second kappa shape index (κ2) is 5.54. The number of ketones is 1. The minimum atomic E-state index is -0.261. The quantitative estimate of drug-likeness (QED) is 0.794. The highest BCUT2D eigenvalue weighted by molar-refractivity contribution is 7.98. The summed E-state index contributed by atoms with van der Waals surface area (Å²) in [6.45, 7) is 3.93. The number of piperidine rings is 1. The molecule has 86 valence electrons. The zero-order valence-corrected chi connectivity index (χ0v) is 10.4. The van der Waals surface area contributed by atoms with Crippen molar-refractivity contribution in [3.8, 4) is 0 Å². The predicted octanol–water partition coefficient (Wildman–Crippen LogP) is 1.47. The molecule has 1 amide bonds. The van der Waals surface area contributed by atoms with E-state index in [0.29, 0.717) is 6.42 Å². The van der Waals surface area contributed by atoms with Gasteiger partial charge >= 0.3 is 0 Å². The summed E-state index contributed by atoms with van der Waals surface area (Å²) in [4.78, 5) is 23.4. The van der Waals surface area contributed by atoms with Gasteiger partial charge in [0.05, 0.1) is 6.04 Å². The van der Waals surface area contributed by atoms with Crippen LogP contribution in [0.15, 0.2) is 0 Å². The molecule has 2 atom stereocenters. The molecule has 0 aromatic carbocycles. The zero-order valence-electron chi connectivity index (χ0n) is 9.58. The maximum Gasteiger partial charge on any atom is 0.224 e. The van der Waals surface area contributed by atoms with E-state index in [4.69, 9.17) is 0 Å². The molecule has 0 bridgehead atoms. The molecule has 1 heterocycles. The van der Waals surface area contributed by atoms with Crippen LogP contribution in [-0.2, 0) is 9.59 Å². The number of hydrogen-bond donors (Lipinski definition) is 1. The highest BCUT2D eigenvalue weighted by Crippen LogP contribution is 2.21. The summed E-state index contributed by atoms with van der Waals surface area (Å²) in [6, 6.07) is -0.261. The van der Waals surface area contributed by atoms with Crippen LogP contribution in [0, 0.1) is 11.8 Å². The standard InChI is InChI=1S/C11H19NO2S/c1-7(2)10-9(13)6-8(4-5-15-3)11(14)12-10/h7-8,10H,4-6H2,1-3H3,(H,12,14)/t8-,10-/m0/s1. The van der Waals surface area contributed by atoms with Crippen molar-refractivity contribution < 1.29 is 9.59 Å². The van der Waals surface area contributed by atoms with E-state index in [9.17, 15) is 9.59 Å². The van der Waals surface area contributed by atoms with Gasteiger partial charge in [-0.1, -0.05) is 13.8 Å². The minimum absolute atomic E-state index is 0.0577. The van der Waals surface area contributed by atoms with Gasteiger partial charge in [-0.05, 0) is 24.3 Å². The average molecular weight is 229 g/mol. The second-order valence-corrected chi connectivity index (χ2v) is 5.36. The number of amides is 1. The van der Waals surface area contributed by atoms with Gasteiger partial charge in [0.15, 0.2) is 5.78 Å². The van der Waals surface area contributed by atoms with Crippen molar-refractivity contribution in [1.29, 1.82) is 0 Å². The lowest BCUT2D eigenvalue weighted by atomic mass is 9.86. The van der Waals surface area contributed by atoms with Gasteiger partial charge in [-0.2, -0.15) is 11.8 Å². The van der Waals surface area contributed by atoms with E-state index >= 15 is 0 Å². The van der Waals surface area contributed by atoms with Crippen LogP contribution in [0.2, 0.25) is 0 Å². The molecule has 0 aliphatic carbocycles. The van der Waals surface area contributed by atoms with Gasteiger partial charge in [0.25, 0.3) is 0 Å². The first kappa shape index (κ1) is 12.6. The first-order chi connectivity index (χ1) is 7.06. The van der Waals surface area contributed by atoms with E-state index in [1.807, 2.05) is 20.1 Å². The van der Waals surface area contributed by atoms with Crippen LogP contribution in [0.3, 0.4) is 0 Å². The van der Waals surface area contributed by atoms with Crippen molar-refractivity contribution in [1.82, 2.24) is 5.32 Å². The number of thioether (sulfide) groups is 1. The van der Waals surface area contributed by atoms with Crippen molar-refractivity contribution in [2.45, 2.75) is 32.7 Å². The summed E-state index contributed by atoms with van der Waals surface area (Å²) < 4.78 is 0. The second-order valence-electron chi connectivity index (χ2n) is 4.38. The largest absolute Gasteiger partial charge is 0.346 e. The van der Waals surface area contributed by atoms with Crippen molar-refractivity contribution in [3.05, 3.63) is 0 Å². The maximum atomic E-state index is 11.7. The van der Waals surface area contributed by atoms with Gasteiger partial charge in [-0.3, -0.25) is 9.59 Å². The Bertz CT molecular complexity index is 253. The topological polar surface area (TPSA) is 46.2 Å². The molecule has 0 saturated carbocycles. The third kappa shape index (κ3) is 3.23. The van der Waals surface area contributed by atoms with Crippen LogP contribution < -0.4 is 5.32 Å². The molecule has 0 aromatic heterocycles. The lowest BCUT2D eigenvalue weighted by Gasteiger charge is -2.30. The molecule has 1 aliphatic rings. The first-order valence-electron chi connectivity index (χ1n) is 5.38. The number of Topliss-reactive ketones (excluding diaryl/α,β-unsaturated/α-hetero) is 1. The summed E-state index contributed by atoms with van der Waals surface area (Å²) in [5.41, 5.74) is 0. The van der Waals surface area contributed by atoms with Crippen molar-refractivity contribution in [2.75, 3.05) is 12.0 Å². The molecule has 0 spiro atoms. The molecule has 0 unspecified atom stereocenters. The van der Waals surface area contributed by atoms with Crippen LogP contribution in [0.4, 0.5) is 0 Å². The monoisotopic (exact) mass is 229 g/mol. The Morgan fingerprint density at radius 1 is 1.47 bits per heavy atom. The molecule has 4 heteroatoms. The zero-order chi connectivity index (χ0) is 11.4. The van der Waals surface area contributed by atoms with E-state index < -0.39 is 0 Å². The fourth-order valence-corrected chi connectivity index (χ4v) is 2.37. The molecule has 3 nitrogen and oxygen atoms in total. The van der Waals surface area contributed by atoms with Gasteiger partial charge in [0.1, 0.15) is 0 Å². The summed E-state index contributed by atoms with van der Waals surface area (Å²) in [5, 5.41) is 2.83. The van der Waals surface area contributed by atoms with E-state index in [-0.39, 0.29) is 29.6 Å². The Hall–Kier alpha value is -0.510. The summed E-state index contributed by atoms with van der Waals surface area (Å²) in [5.74, 6) is 1.29. The van der Waals surface area contributed by atoms with Crippen molar-refractivity contribution in [2.24, 2.45) is 11.8 Å². The third-order valence-corrected chi connectivity index (χ3v) is 3.44. The molecule has 15 heavy (non-hydrogen) atoms. The summed E-state index contributed by atoms with van der Waals surface area (Å²) in [7, 11) is 0. The summed E-state index contributed by atoms with van der Waals surface area (Å²) in [6.07, 6.45) is 3.25. The Labute approximate surface area is 95.4 Å². The molecule has 1 N–H and O–H groups in total. The SMILES string of the molecule is CSCC[C@H]1CC(=O)[C@H](C(C)C)NC1=O. The molecule has 0 radical (unpaired) electrons. The number of carbonyl (C=O) groups excluding carboxylic acids is 2. The van der Waals surface area contributed by atoms with Crippen molar-refractivity contribution in [3.63, 3.8) is 0 Å². The smallest absolute Gasteiger partial charge is 0.224 e. The number of hydrogen-bond acceptors (Lipinski definition) is 3. The van der Waals surface area contributed by atoms with E-state index in [2.05, 4.69) is 5.32 Å². The number of rotatable bonds is 4. The third-order valence-electron chi connectivity index (χ3n) is 2.80. The fourth-order valence-electron chi connectivity index (χ4n) is 1.85. The van der Waals surface area contributed by atoms with Crippen LogP contribution in [0.1, 0.15) is 26.7 Å². The Morgan fingerprint density at radius 3 is 2.67 bits per heavy atom. The molecule has 0 aromatic rings. The number of nitrogens with one attached hydrogen (secondary N) is 1. The predicted molar refractivity (Wildman–Crippen MR) is 62.9 cm³/mol. The van der Waals surface area contributed by atoms with E-state index in [0.717, 1.165) is 12.2 Å². The highest BCUT2D eigenvalue weighted by Gasteiger charge is 2.34. The first-order valence-corrected chi connectivity index (χ1v) is 6.77. The number of carbonyl (C=O) groups is 2. The minimum Gasteiger partial charge on any atom is -0.346 e. The van der Waals surface area contributed by atoms with Crippen LogP contribution in [0.25, 0.3) is 0 Å². The van der Waals surface area contributed by atoms with E-state index in [1.54, 1.807) is 11.8 Å². The molecule has 1 aliphatic heterocycles. The van der Waals surface area contributed by atoms with Crippen LogP contribution >= 0.6 is 11.8 Å². The lowest BCUT2D eigenvalue weighted by molar-refractivity contribution is -0.138. The van der Waals surface area contributed by atoms with Crippen LogP contribution in [-0.4, -0.2) is 29.7 Å². The van der Waals surface area contributed by atoms with Crippen LogP contribution in [0.5, 0.6) is 0 Å². The lowest BCUT2D eigenvalue weighted by Crippen LogP contribution is -2.52. The highest BCUT2D eigenvalue weighted by atomic mass is 32.2. The average Bonchev–Trinajstić information content (AvgIpc) is 2.18. The Morgan fingerprint density at radius 2 is 2.13 bits per heavy atom. The maximum absolute atomic E-state index is 11.7. The van der Waals surface area contributed by atoms with Crippen molar-refractivity contribution >= 4 is 23.5 Å². The molecular weight excluding hydrogens is 210 g/mol. The molecule has 1 fully saturated rings. The van der Waals surface area contributed by atoms with Gasteiger partial charge in [-0.15, -0.1) is 0 Å². The normalized spacial score (nSPS) is 26.9. The van der Waals surface area contributed by atoms with Gasteiger partial charge in [-0.25, -0.2) is 0 Å². The fraction of sp³-hybridized carbons (Fsp3) is 0.818. The molecule has 1 saturated heterocycles. The summed E-state index contributed by atoms with van der Waals surface area (Å²) >= 11 is 1.71. The van der Waals surface area contributed by atoms with Gasteiger partial charge < -0.3 is 5.32 Å². The van der Waals surface area contributed by atoms with E-state index in [1.165, 1.54) is 0 Å². The Kier molecular flexibility index (Phi) is 4.64. The molecular formula is C11H19NO2S.